The summed E-state index contributed by atoms with van der Waals surface area (Å²) in [6, 6.07) is 0. The van der Waals surface area contributed by atoms with Crippen LogP contribution in [0, 0.1) is 0 Å². The Morgan fingerprint density at radius 1 is 1.40 bits per heavy atom. The van der Waals surface area contributed by atoms with Crippen LogP contribution in [0.4, 0.5) is 0 Å². The second-order valence-corrected chi connectivity index (χ2v) is 2.01. The van der Waals surface area contributed by atoms with Gasteiger partial charge in [-0.3, -0.25) is 4.90 Å². The Bertz CT molecular complexity index is 140. The highest BCUT2D eigenvalue weighted by molar-refractivity contribution is 6.23. The molecule has 0 aromatic heterocycles. The third kappa shape index (κ3) is 1.50. The fourth-order valence-electron chi connectivity index (χ4n) is 0.831. The molecule has 0 unspecified atom stereocenters. The summed E-state index contributed by atoms with van der Waals surface area (Å²) >= 11 is 0. The van der Waals surface area contributed by atoms with Crippen molar-refractivity contribution >= 4 is 12.2 Å². The van der Waals surface area contributed by atoms with Gasteiger partial charge in [0.15, 0.2) is 0 Å². The molecule has 0 N–H and O–H groups in total. The number of rotatable bonds is 1. The zero-order valence-electron chi connectivity index (χ0n) is 5.50. The van der Waals surface area contributed by atoms with Gasteiger partial charge in [0.1, 0.15) is 0 Å². The SMILES string of the molecule is O=[C+]C(=O)N1CCOCC1. The molecule has 4 heteroatoms. The summed E-state index contributed by atoms with van der Waals surface area (Å²) in [5.74, 6) is -0.566. The van der Waals surface area contributed by atoms with Gasteiger partial charge < -0.3 is 4.74 Å². The fraction of sp³-hybridized carbons (Fsp3) is 0.667. The third-order valence-corrected chi connectivity index (χ3v) is 1.39. The number of carbonyl (C=O) groups is 1. The van der Waals surface area contributed by atoms with E-state index in [4.69, 9.17) is 4.74 Å². The van der Waals surface area contributed by atoms with E-state index < -0.39 is 5.91 Å². The summed E-state index contributed by atoms with van der Waals surface area (Å²) in [5, 5.41) is 0. The van der Waals surface area contributed by atoms with E-state index in [9.17, 15) is 9.59 Å². The Hall–Kier alpha value is -0.990. The lowest BCUT2D eigenvalue weighted by molar-refractivity contribution is -0.128. The van der Waals surface area contributed by atoms with Crippen LogP contribution in [0.3, 0.4) is 0 Å². The van der Waals surface area contributed by atoms with Gasteiger partial charge in [0.2, 0.25) is 0 Å². The van der Waals surface area contributed by atoms with E-state index in [1.807, 2.05) is 0 Å². The monoisotopic (exact) mass is 142 g/mol. The number of morpholine rings is 1. The molecule has 10 heavy (non-hydrogen) atoms. The standard InChI is InChI=1S/C6H8NO3/c8-5-6(9)7-1-3-10-4-2-7/h1-4H2/q+1. The Balaban J connectivity index is 2.38. The highest BCUT2D eigenvalue weighted by atomic mass is 16.5. The van der Waals surface area contributed by atoms with Gasteiger partial charge in [-0.1, -0.05) is 0 Å². The largest absolute Gasteiger partial charge is 0.620 e. The first-order valence-electron chi connectivity index (χ1n) is 3.09. The summed E-state index contributed by atoms with van der Waals surface area (Å²) in [7, 11) is 0. The van der Waals surface area contributed by atoms with E-state index >= 15 is 0 Å². The molecule has 4 nitrogen and oxygen atoms in total. The number of hydrogen-bond donors (Lipinski definition) is 0. The highest BCUT2D eigenvalue weighted by Gasteiger charge is 2.27. The van der Waals surface area contributed by atoms with Crippen LogP contribution in [0.15, 0.2) is 0 Å². The van der Waals surface area contributed by atoms with E-state index in [0.717, 1.165) is 0 Å². The van der Waals surface area contributed by atoms with E-state index in [0.29, 0.717) is 26.3 Å². The van der Waals surface area contributed by atoms with Crippen molar-refractivity contribution in [2.45, 2.75) is 0 Å². The van der Waals surface area contributed by atoms with Crippen LogP contribution >= 0.6 is 0 Å². The van der Waals surface area contributed by atoms with Crippen molar-refractivity contribution in [2.75, 3.05) is 26.3 Å². The van der Waals surface area contributed by atoms with Crippen molar-refractivity contribution in [1.82, 2.24) is 4.90 Å². The molecule has 0 radical (unpaired) electrons. The molecule has 0 aromatic rings. The Morgan fingerprint density at radius 2 is 2.00 bits per heavy atom. The van der Waals surface area contributed by atoms with Gasteiger partial charge >= 0.3 is 12.2 Å². The molecule has 0 spiro atoms. The summed E-state index contributed by atoms with van der Waals surface area (Å²) < 4.78 is 4.97. The van der Waals surface area contributed by atoms with Gasteiger partial charge in [0, 0.05) is 17.9 Å². The summed E-state index contributed by atoms with van der Waals surface area (Å²) in [4.78, 5) is 21.9. The second-order valence-electron chi connectivity index (χ2n) is 2.01. The van der Waals surface area contributed by atoms with Crippen molar-refractivity contribution in [1.29, 1.82) is 0 Å². The van der Waals surface area contributed by atoms with Gasteiger partial charge in [-0.2, -0.15) is 0 Å². The predicted octanol–water partition coefficient (Wildman–Crippen LogP) is -1.05. The minimum Gasteiger partial charge on any atom is -0.378 e. The van der Waals surface area contributed by atoms with Crippen molar-refractivity contribution in [3.8, 4) is 0 Å². The van der Waals surface area contributed by atoms with Gasteiger partial charge in [0.05, 0.1) is 13.2 Å². The van der Waals surface area contributed by atoms with Crippen LogP contribution in [0.2, 0.25) is 0 Å². The molecular weight excluding hydrogens is 134 g/mol. The van der Waals surface area contributed by atoms with Crippen LogP contribution in [0.25, 0.3) is 0 Å². The molecule has 1 saturated heterocycles. The number of nitrogens with zero attached hydrogens (tertiary/aromatic N) is 1. The molecule has 1 aliphatic heterocycles. The fourth-order valence-corrected chi connectivity index (χ4v) is 0.831. The second kappa shape index (κ2) is 3.25. The number of ether oxygens (including phenoxy) is 1. The van der Waals surface area contributed by atoms with Crippen LogP contribution in [-0.4, -0.2) is 43.4 Å². The molecule has 1 aliphatic rings. The quantitative estimate of drug-likeness (QED) is 0.347. The lowest BCUT2D eigenvalue weighted by Crippen LogP contribution is -2.41. The van der Waals surface area contributed by atoms with Crippen molar-refractivity contribution in [2.24, 2.45) is 0 Å². The summed E-state index contributed by atoms with van der Waals surface area (Å²) in [6.07, 6.45) is 1.32. The maximum Gasteiger partial charge on any atom is 0.620 e. The lowest BCUT2D eigenvalue weighted by Gasteiger charge is -2.20. The van der Waals surface area contributed by atoms with Crippen molar-refractivity contribution in [3.05, 3.63) is 0 Å². The van der Waals surface area contributed by atoms with E-state index in [2.05, 4.69) is 0 Å². The van der Waals surface area contributed by atoms with Gasteiger partial charge in [-0.25, -0.2) is 4.79 Å². The van der Waals surface area contributed by atoms with Crippen molar-refractivity contribution in [3.63, 3.8) is 0 Å². The summed E-state index contributed by atoms with van der Waals surface area (Å²) in [6.45, 7) is 2.06. The van der Waals surface area contributed by atoms with Crippen LogP contribution in [0.5, 0.6) is 0 Å². The molecule has 0 saturated carbocycles. The molecular formula is C6H8NO3+. The maximum absolute atomic E-state index is 10.6. The first-order chi connectivity index (χ1) is 4.84. The Labute approximate surface area is 58.8 Å². The normalized spacial score (nSPS) is 18.2. The molecule has 1 fully saturated rings. The van der Waals surface area contributed by atoms with Crippen LogP contribution < -0.4 is 0 Å². The van der Waals surface area contributed by atoms with Crippen LogP contribution in [-0.2, 0) is 14.3 Å². The molecule has 1 rings (SSSR count). The molecule has 0 atom stereocenters. The first kappa shape index (κ1) is 7.12. The number of carbonyl (C=O) groups excluding carboxylic acids is 2. The minimum atomic E-state index is -0.566. The molecule has 0 aliphatic carbocycles. The van der Waals surface area contributed by atoms with E-state index in [-0.39, 0.29) is 0 Å². The van der Waals surface area contributed by atoms with Crippen LogP contribution in [0.1, 0.15) is 0 Å². The Kier molecular flexibility index (Phi) is 2.31. The summed E-state index contributed by atoms with van der Waals surface area (Å²) in [5.41, 5.74) is 0. The maximum atomic E-state index is 10.6. The highest BCUT2D eigenvalue weighted by Crippen LogP contribution is 1.94. The zero-order chi connectivity index (χ0) is 7.40. The molecule has 0 aromatic carbocycles. The Morgan fingerprint density at radius 3 is 2.50 bits per heavy atom. The van der Waals surface area contributed by atoms with E-state index in [1.54, 1.807) is 0 Å². The molecule has 1 amide bonds. The predicted molar refractivity (Wildman–Crippen MR) is 33.1 cm³/mol. The number of hydrogen-bond acceptors (Lipinski definition) is 3. The third-order valence-electron chi connectivity index (χ3n) is 1.39. The smallest absolute Gasteiger partial charge is 0.378 e. The first-order valence-corrected chi connectivity index (χ1v) is 3.09. The average Bonchev–Trinajstić information content (AvgIpc) is 2.05. The zero-order valence-corrected chi connectivity index (χ0v) is 5.50. The average molecular weight is 142 g/mol. The number of amides is 1. The van der Waals surface area contributed by atoms with Gasteiger partial charge in [-0.05, 0) is 0 Å². The molecule has 0 bridgehead atoms. The lowest BCUT2D eigenvalue weighted by atomic mass is 10.4. The van der Waals surface area contributed by atoms with Gasteiger partial charge in [-0.15, -0.1) is 0 Å². The molecule has 54 valence electrons. The topological polar surface area (TPSA) is 46.6 Å². The van der Waals surface area contributed by atoms with E-state index in [1.165, 1.54) is 11.2 Å². The van der Waals surface area contributed by atoms with Gasteiger partial charge in [0.25, 0.3) is 0 Å². The molecule has 1 heterocycles. The van der Waals surface area contributed by atoms with Crippen molar-refractivity contribution < 1.29 is 14.3 Å². The minimum absolute atomic E-state index is 0.508.